The maximum atomic E-state index is 14.2. The van der Waals surface area contributed by atoms with E-state index >= 15 is 0 Å². The third kappa shape index (κ3) is 8.33. The van der Waals surface area contributed by atoms with Gasteiger partial charge in [-0.2, -0.15) is 4.31 Å². The number of aliphatic hydroxyl groups excluding tert-OH is 1. The monoisotopic (exact) mass is 752 g/mol. The van der Waals surface area contributed by atoms with Crippen LogP contribution in [0.15, 0.2) is 82.7 Å². The van der Waals surface area contributed by atoms with Crippen LogP contribution in [0.3, 0.4) is 0 Å². The van der Waals surface area contributed by atoms with E-state index in [1.54, 1.807) is 43.8 Å². The summed E-state index contributed by atoms with van der Waals surface area (Å²) in [6.07, 6.45) is 1.63. The molecule has 0 aliphatic carbocycles. The van der Waals surface area contributed by atoms with Gasteiger partial charge in [-0.1, -0.05) is 69.6 Å². The molecule has 14 nitrogen and oxygen atoms in total. The Labute approximate surface area is 307 Å². The van der Waals surface area contributed by atoms with Crippen LogP contribution in [0, 0.1) is 11.8 Å². The first kappa shape index (κ1) is 38.5. The minimum Gasteiger partial charge on any atom is -0.493 e. The third-order valence-electron chi connectivity index (χ3n) is 8.86. The summed E-state index contributed by atoms with van der Waals surface area (Å²) in [5, 5.41) is 25.8. The Hall–Kier alpha value is -4.70. The molecule has 0 bridgehead atoms. The third-order valence-corrected chi connectivity index (χ3v) is 11.0. The number of imidazole rings is 2. The van der Waals surface area contributed by atoms with Crippen LogP contribution in [0.1, 0.15) is 45.1 Å². The first-order chi connectivity index (χ1) is 24.6. The van der Waals surface area contributed by atoms with Crippen LogP contribution in [-0.4, -0.2) is 77.7 Å². The van der Waals surface area contributed by atoms with E-state index in [2.05, 4.69) is 15.3 Å². The van der Waals surface area contributed by atoms with Gasteiger partial charge < -0.3 is 25.8 Å². The molecule has 3 aromatic heterocycles. The fourth-order valence-corrected chi connectivity index (χ4v) is 7.98. The molecule has 2 aromatic carbocycles. The lowest BCUT2D eigenvalue weighted by molar-refractivity contribution is -0.127. The normalized spacial score (nSPS) is 14.0. The van der Waals surface area contributed by atoms with Gasteiger partial charge in [-0.25, -0.2) is 23.2 Å². The van der Waals surface area contributed by atoms with Crippen molar-refractivity contribution in [3.05, 3.63) is 100.0 Å². The molecule has 3 atom stereocenters. The molecule has 0 aliphatic rings. The van der Waals surface area contributed by atoms with Gasteiger partial charge in [0.15, 0.2) is 5.65 Å². The zero-order valence-electron chi connectivity index (χ0n) is 29.7. The van der Waals surface area contributed by atoms with Crippen molar-refractivity contribution < 1.29 is 23.4 Å². The first-order valence-electron chi connectivity index (χ1n) is 16.9. The highest BCUT2D eigenvalue weighted by molar-refractivity contribution is 7.89. The summed E-state index contributed by atoms with van der Waals surface area (Å²) in [6, 6.07) is 14.7. The Balaban J connectivity index is 1.45. The smallest absolute Gasteiger partial charge is 0.332 e. The van der Waals surface area contributed by atoms with Crippen LogP contribution < -0.4 is 16.7 Å². The number of sulfonamides is 1. The quantitative estimate of drug-likeness (QED) is 0.116. The van der Waals surface area contributed by atoms with E-state index in [4.69, 9.17) is 17.3 Å². The fourth-order valence-electron chi connectivity index (χ4n) is 6.20. The number of aliphatic hydroxyl groups is 1. The molecule has 5 N–H and O–H groups in total. The highest BCUT2D eigenvalue weighted by atomic mass is 35.5. The standard InChI is InChI=1S/C36H45ClN8O6S/c1-22(2)18-43(52(50,51)25-13-14-26(37)27(38)17-25)19-30(46)29(16-24-10-7-6-8-11-24)41-35(48)33(23(3)4)45-21-32(47)44(36(45)49)20-31-40-28-12-9-15-39-34(28)42(31)5/h6-15,17,21-23,29-30,33,46-47H,16,18-20,38H2,1-5H3,(H,41,48)/t29-,30+,33-/m0/s1. The highest BCUT2D eigenvalue weighted by Gasteiger charge is 2.35. The number of anilines is 1. The molecule has 0 spiro atoms. The fraction of sp³-hybridized carbons (Fsp3) is 0.389. The van der Waals surface area contributed by atoms with E-state index in [0.29, 0.717) is 17.0 Å². The molecule has 0 unspecified atom stereocenters. The summed E-state index contributed by atoms with van der Waals surface area (Å²) in [6.45, 7) is 6.89. The van der Waals surface area contributed by atoms with Crippen LogP contribution in [-0.2, 0) is 34.8 Å². The van der Waals surface area contributed by atoms with Gasteiger partial charge in [0.1, 0.15) is 17.4 Å². The second-order valence-corrected chi connectivity index (χ2v) is 16.0. The van der Waals surface area contributed by atoms with E-state index in [1.807, 2.05) is 44.2 Å². The zero-order valence-corrected chi connectivity index (χ0v) is 31.3. The molecule has 0 saturated heterocycles. The van der Waals surface area contributed by atoms with Gasteiger partial charge in [0.05, 0.1) is 40.5 Å². The number of pyridine rings is 1. The molecule has 0 saturated carbocycles. The number of carbonyl (C=O) groups is 1. The Bertz CT molecular complexity index is 2200. The van der Waals surface area contributed by atoms with Crippen LogP contribution in [0.4, 0.5) is 5.69 Å². The molecule has 3 heterocycles. The molecule has 0 radical (unpaired) electrons. The molecule has 5 rings (SSSR count). The molecule has 5 aromatic rings. The van der Waals surface area contributed by atoms with Gasteiger partial charge in [-0.05, 0) is 54.2 Å². The minimum atomic E-state index is -4.15. The van der Waals surface area contributed by atoms with E-state index in [0.717, 1.165) is 10.1 Å². The number of nitrogen functional groups attached to an aromatic ring is 1. The van der Waals surface area contributed by atoms with Crippen molar-refractivity contribution in [2.75, 3.05) is 18.8 Å². The number of nitrogens with one attached hydrogen (secondary N) is 1. The van der Waals surface area contributed by atoms with E-state index in [1.165, 1.54) is 33.3 Å². The Morgan fingerprint density at radius 3 is 2.40 bits per heavy atom. The number of amides is 1. The largest absolute Gasteiger partial charge is 0.493 e. The number of halogens is 1. The van der Waals surface area contributed by atoms with Gasteiger partial charge in [0.25, 0.3) is 0 Å². The van der Waals surface area contributed by atoms with Gasteiger partial charge >= 0.3 is 5.69 Å². The van der Waals surface area contributed by atoms with Crippen molar-refractivity contribution in [1.29, 1.82) is 0 Å². The number of nitrogens with zero attached hydrogens (tertiary/aromatic N) is 6. The number of hydrogen-bond donors (Lipinski definition) is 4. The Morgan fingerprint density at radius 2 is 1.77 bits per heavy atom. The number of fused-ring (bicyclic) bond motifs is 1. The summed E-state index contributed by atoms with van der Waals surface area (Å²) >= 11 is 6.06. The second kappa shape index (κ2) is 15.9. The highest BCUT2D eigenvalue weighted by Crippen LogP contribution is 2.26. The lowest BCUT2D eigenvalue weighted by Gasteiger charge is -2.32. The molecule has 278 valence electrons. The maximum Gasteiger partial charge on any atom is 0.332 e. The maximum absolute atomic E-state index is 14.2. The molecular formula is C36H45ClN8O6S. The Kier molecular flexibility index (Phi) is 11.8. The van der Waals surface area contributed by atoms with Crippen molar-refractivity contribution in [1.82, 2.24) is 33.3 Å². The van der Waals surface area contributed by atoms with Crippen molar-refractivity contribution >= 4 is 44.4 Å². The summed E-state index contributed by atoms with van der Waals surface area (Å²) in [7, 11) is -2.39. The topological polar surface area (TPSA) is 191 Å². The first-order valence-corrected chi connectivity index (χ1v) is 18.7. The Morgan fingerprint density at radius 1 is 1.06 bits per heavy atom. The molecule has 0 aliphatic heterocycles. The van der Waals surface area contributed by atoms with Crippen molar-refractivity contribution in [2.24, 2.45) is 18.9 Å². The van der Waals surface area contributed by atoms with Gasteiger partial charge in [-0.15, -0.1) is 0 Å². The van der Waals surface area contributed by atoms with Gasteiger partial charge in [-0.3, -0.25) is 13.9 Å². The van der Waals surface area contributed by atoms with Crippen LogP contribution in [0.25, 0.3) is 11.2 Å². The molecular weight excluding hydrogens is 708 g/mol. The van der Waals surface area contributed by atoms with Crippen LogP contribution >= 0.6 is 11.6 Å². The van der Waals surface area contributed by atoms with Crippen LogP contribution in [0.5, 0.6) is 5.88 Å². The molecule has 16 heteroatoms. The number of aryl methyl sites for hydroxylation is 1. The van der Waals surface area contributed by atoms with Crippen LogP contribution in [0.2, 0.25) is 5.02 Å². The molecule has 0 fully saturated rings. The lowest BCUT2D eigenvalue weighted by atomic mass is 9.98. The van der Waals surface area contributed by atoms with Crippen molar-refractivity contribution in [3.8, 4) is 5.88 Å². The molecule has 1 amide bonds. The second-order valence-electron chi connectivity index (χ2n) is 13.7. The molecule has 52 heavy (non-hydrogen) atoms. The predicted octanol–water partition coefficient (Wildman–Crippen LogP) is 3.55. The SMILES string of the molecule is CC(C)CN(C[C@@H](O)[C@H](Cc1ccccc1)NC(=O)[C@H](C(C)C)n1cc(O)n(Cc2nc3cccnc3n2C)c1=O)S(=O)(=O)c1ccc(Cl)c(N)c1. The van der Waals surface area contributed by atoms with Gasteiger partial charge in [0.2, 0.25) is 21.8 Å². The number of nitrogens with two attached hydrogens (primary N) is 1. The number of aromatic hydroxyl groups is 1. The number of rotatable bonds is 15. The zero-order chi connectivity index (χ0) is 37.9. The summed E-state index contributed by atoms with van der Waals surface area (Å²) in [5.41, 5.74) is 7.43. The lowest BCUT2D eigenvalue weighted by Crippen LogP contribution is -2.53. The van der Waals surface area contributed by atoms with Crippen molar-refractivity contribution in [2.45, 2.75) is 63.7 Å². The predicted molar refractivity (Wildman–Crippen MR) is 199 cm³/mol. The van der Waals surface area contributed by atoms with Crippen molar-refractivity contribution in [3.63, 3.8) is 0 Å². The number of benzene rings is 2. The average Bonchev–Trinajstić information content (AvgIpc) is 3.55. The summed E-state index contributed by atoms with van der Waals surface area (Å²) < 4.78 is 33.0. The minimum absolute atomic E-state index is 0.0758. The number of carbonyl (C=O) groups excluding carboxylic acids is 1. The number of hydrogen-bond acceptors (Lipinski definition) is 9. The summed E-state index contributed by atoms with van der Waals surface area (Å²) in [4.78, 5) is 36.8. The average molecular weight is 753 g/mol. The van der Waals surface area contributed by atoms with E-state index in [9.17, 15) is 28.2 Å². The van der Waals surface area contributed by atoms with Gasteiger partial charge in [0, 0.05) is 26.3 Å². The summed E-state index contributed by atoms with van der Waals surface area (Å²) in [5.74, 6) is -1.02. The van der Waals surface area contributed by atoms with E-state index in [-0.39, 0.29) is 53.5 Å². The number of aromatic nitrogens is 5. The van der Waals surface area contributed by atoms with E-state index < -0.39 is 45.7 Å².